The topological polar surface area (TPSA) is 64.6 Å². The van der Waals surface area contributed by atoms with Gasteiger partial charge in [0.15, 0.2) is 12.4 Å². The predicted octanol–water partition coefficient (Wildman–Crippen LogP) is 2.18. The maximum absolute atomic E-state index is 11.6. The molecule has 6 heteroatoms. The van der Waals surface area contributed by atoms with Gasteiger partial charge in [-0.3, -0.25) is 9.59 Å². The lowest BCUT2D eigenvalue weighted by atomic mass is 10.1. The molecule has 0 bridgehead atoms. The summed E-state index contributed by atoms with van der Waals surface area (Å²) >= 11 is 3.29. The van der Waals surface area contributed by atoms with E-state index in [1.165, 1.54) is 6.92 Å². The molecule has 1 rings (SSSR count). The number of carbonyl (C=O) groups excluding carboxylic acids is 2. The minimum Gasteiger partial charge on any atom is -0.483 e. The highest BCUT2D eigenvalue weighted by Gasteiger charge is 2.10. The molecule has 0 aliphatic heterocycles. The number of hydrogen-bond donors (Lipinski definition) is 1. The number of ether oxygens (including phenoxy) is 2. The summed E-state index contributed by atoms with van der Waals surface area (Å²) in [4.78, 5) is 23.0. The van der Waals surface area contributed by atoms with Crippen molar-refractivity contribution < 1.29 is 19.1 Å². The van der Waals surface area contributed by atoms with Crippen molar-refractivity contribution in [1.29, 1.82) is 0 Å². The van der Waals surface area contributed by atoms with Crippen LogP contribution in [0, 0.1) is 0 Å². The third-order valence-corrected chi connectivity index (χ3v) is 3.02. The van der Waals surface area contributed by atoms with Crippen LogP contribution in [0.1, 0.15) is 23.7 Å². The van der Waals surface area contributed by atoms with E-state index in [2.05, 4.69) is 21.2 Å². The summed E-state index contributed by atoms with van der Waals surface area (Å²) in [5.74, 6) is 0.0769. The second kappa shape index (κ2) is 8.71. The molecular formula is C14H18BrNO4. The van der Waals surface area contributed by atoms with Crippen molar-refractivity contribution in [2.75, 3.05) is 26.9 Å². The zero-order valence-corrected chi connectivity index (χ0v) is 13.2. The molecule has 20 heavy (non-hydrogen) atoms. The Hall–Kier alpha value is -1.40. The Morgan fingerprint density at radius 2 is 2.10 bits per heavy atom. The van der Waals surface area contributed by atoms with Gasteiger partial charge < -0.3 is 14.8 Å². The van der Waals surface area contributed by atoms with Gasteiger partial charge in [0.25, 0.3) is 5.91 Å². The number of benzene rings is 1. The molecule has 1 aromatic rings. The molecule has 0 unspecified atom stereocenters. The Morgan fingerprint density at radius 3 is 2.75 bits per heavy atom. The molecule has 1 amide bonds. The van der Waals surface area contributed by atoms with Gasteiger partial charge in [-0.2, -0.15) is 0 Å². The number of hydrogen-bond acceptors (Lipinski definition) is 4. The smallest absolute Gasteiger partial charge is 0.257 e. The standard InChI is InChI=1S/C14H18BrNO4/c1-10(17)12-8-11(15)4-5-13(12)20-9-14(18)16-6-3-7-19-2/h4-5,8H,3,6-7,9H2,1-2H3,(H,16,18). The van der Waals surface area contributed by atoms with Crippen LogP contribution in [0.4, 0.5) is 0 Å². The van der Waals surface area contributed by atoms with Gasteiger partial charge >= 0.3 is 0 Å². The van der Waals surface area contributed by atoms with Gasteiger partial charge in [0.2, 0.25) is 0 Å². The summed E-state index contributed by atoms with van der Waals surface area (Å²) in [5, 5.41) is 2.71. The van der Waals surface area contributed by atoms with Crippen molar-refractivity contribution in [3.05, 3.63) is 28.2 Å². The van der Waals surface area contributed by atoms with Crippen LogP contribution in [-0.4, -0.2) is 38.6 Å². The van der Waals surface area contributed by atoms with Gasteiger partial charge in [0, 0.05) is 24.7 Å². The summed E-state index contributed by atoms with van der Waals surface area (Å²) < 4.78 is 11.1. The Kier molecular flexibility index (Phi) is 7.25. The number of methoxy groups -OCH3 is 1. The fourth-order valence-corrected chi connectivity index (χ4v) is 1.90. The minimum absolute atomic E-state index is 0.109. The van der Waals surface area contributed by atoms with Crippen LogP contribution in [0.15, 0.2) is 22.7 Å². The van der Waals surface area contributed by atoms with E-state index in [0.29, 0.717) is 24.5 Å². The third-order valence-electron chi connectivity index (χ3n) is 2.53. The highest BCUT2D eigenvalue weighted by Crippen LogP contribution is 2.23. The van der Waals surface area contributed by atoms with Gasteiger partial charge in [0.1, 0.15) is 5.75 Å². The van der Waals surface area contributed by atoms with Crippen LogP contribution in [0.5, 0.6) is 5.75 Å². The molecule has 110 valence electrons. The number of ketones is 1. The van der Waals surface area contributed by atoms with Gasteiger partial charge in [-0.15, -0.1) is 0 Å². The lowest BCUT2D eigenvalue weighted by Crippen LogP contribution is -2.30. The number of rotatable bonds is 8. The molecule has 0 radical (unpaired) electrons. The molecule has 0 heterocycles. The molecule has 0 saturated carbocycles. The summed E-state index contributed by atoms with van der Waals surface area (Å²) in [6.45, 7) is 2.48. The highest BCUT2D eigenvalue weighted by molar-refractivity contribution is 9.10. The average Bonchev–Trinajstić information content (AvgIpc) is 2.42. The van der Waals surface area contributed by atoms with Crippen molar-refractivity contribution in [2.45, 2.75) is 13.3 Å². The number of nitrogens with one attached hydrogen (secondary N) is 1. The van der Waals surface area contributed by atoms with Crippen molar-refractivity contribution >= 4 is 27.6 Å². The normalized spacial score (nSPS) is 10.2. The number of halogens is 1. The van der Waals surface area contributed by atoms with E-state index in [-0.39, 0.29) is 18.3 Å². The largest absolute Gasteiger partial charge is 0.483 e. The maximum atomic E-state index is 11.6. The number of carbonyl (C=O) groups is 2. The molecule has 0 saturated heterocycles. The van der Waals surface area contributed by atoms with Gasteiger partial charge in [-0.05, 0) is 31.5 Å². The van der Waals surface area contributed by atoms with Crippen LogP contribution >= 0.6 is 15.9 Å². The predicted molar refractivity (Wildman–Crippen MR) is 79.1 cm³/mol. The van der Waals surface area contributed by atoms with Crippen LogP contribution < -0.4 is 10.1 Å². The summed E-state index contributed by atoms with van der Waals surface area (Å²) in [5.41, 5.74) is 0.451. The quantitative estimate of drug-likeness (QED) is 0.580. The van der Waals surface area contributed by atoms with E-state index in [1.807, 2.05) is 0 Å². The van der Waals surface area contributed by atoms with Crippen LogP contribution in [0.25, 0.3) is 0 Å². The average molecular weight is 344 g/mol. The van der Waals surface area contributed by atoms with Crippen LogP contribution in [0.2, 0.25) is 0 Å². The van der Waals surface area contributed by atoms with E-state index in [9.17, 15) is 9.59 Å². The molecule has 0 aliphatic rings. The molecule has 5 nitrogen and oxygen atoms in total. The SMILES string of the molecule is COCCCNC(=O)COc1ccc(Br)cc1C(C)=O. The van der Waals surface area contributed by atoms with E-state index in [1.54, 1.807) is 25.3 Å². The van der Waals surface area contributed by atoms with Crippen molar-refractivity contribution in [3.8, 4) is 5.75 Å². The first-order valence-corrected chi connectivity index (χ1v) is 7.03. The second-order valence-corrected chi connectivity index (χ2v) is 5.10. The van der Waals surface area contributed by atoms with E-state index in [4.69, 9.17) is 9.47 Å². The molecule has 1 N–H and O–H groups in total. The Bertz CT molecular complexity index is 476. The monoisotopic (exact) mass is 343 g/mol. The van der Waals surface area contributed by atoms with Gasteiger partial charge in [0.05, 0.1) is 5.56 Å². The maximum Gasteiger partial charge on any atom is 0.257 e. The fourth-order valence-electron chi connectivity index (χ4n) is 1.54. The van der Waals surface area contributed by atoms with Crippen molar-refractivity contribution in [2.24, 2.45) is 0 Å². The first-order chi connectivity index (χ1) is 9.54. The van der Waals surface area contributed by atoms with Crippen molar-refractivity contribution in [3.63, 3.8) is 0 Å². The molecule has 0 aromatic heterocycles. The van der Waals surface area contributed by atoms with Gasteiger partial charge in [-0.25, -0.2) is 0 Å². The van der Waals surface area contributed by atoms with E-state index in [0.717, 1.165) is 10.9 Å². The first-order valence-electron chi connectivity index (χ1n) is 6.23. The summed E-state index contributed by atoms with van der Waals surface area (Å²) in [6.07, 6.45) is 0.749. The number of amides is 1. The van der Waals surface area contributed by atoms with Crippen LogP contribution in [0.3, 0.4) is 0 Å². The molecule has 0 aliphatic carbocycles. The molecule has 1 aromatic carbocycles. The van der Waals surface area contributed by atoms with E-state index < -0.39 is 0 Å². The number of Topliss-reactive ketones (excluding diaryl/α,β-unsaturated/α-hetero) is 1. The molecule has 0 fully saturated rings. The minimum atomic E-state index is -0.224. The molecule has 0 atom stereocenters. The first kappa shape index (κ1) is 16.7. The Balaban J connectivity index is 2.49. The summed E-state index contributed by atoms with van der Waals surface area (Å²) in [6, 6.07) is 5.10. The second-order valence-electron chi connectivity index (χ2n) is 4.18. The van der Waals surface area contributed by atoms with Gasteiger partial charge in [-0.1, -0.05) is 15.9 Å². The summed E-state index contributed by atoms with van der Waals surface area (Å²) in [7, 11) is 1.61. The lowest BCUT2D eigenvalue weighted by Gasteiger charge is -2.10. The van der Waals surface area contributed by atoms with E-state index >= 15 is 0 Å². The Morgan fingerprint density at radius 1 is 1.35 bits per heavy atom. The zero-order valence-electron chi connectivity index (χ0n) is 11.6. The Labute approximate surface area is 126 Å². The van der Waals surface area contributed by atoms with Crippen LogP contribution in [-0.2, 0) is 9.53 Å². The third kappa shape index (κ3) is 5.71. The molecular weight excluding hydrogens is 326 g/mol. The highest BCUT2D eigenvalue weighted by atomic mass is 79.9. The lowest BCUT2D eigenvalue weighted by molar-refractivity contribution is -0.123. The fraction of sp³-hybridized carbons (Fsp3) is 0.429. The zero-order chi connectivity index (χ0) is 15.0. The molecule has 0 spiro atoms. The van der Waals surface area contributed by atoms with Crippen molar-refractivity contribution in [1.82, 2.24) is 5.32 Å².